The Morgan fingerprint density at radius 1 is 1.67 bits per heavy atom. The van der Waals surface area contributed by atoms with Gasteiger partial charge in [-0.3, -0.25) is 0 Å². The molecule has 0 spiro atoms. The first-order chi connectivity index (χ1) is 6.99. The van der Waals surface area contributed by atoms with Crippen LogP contribution in [0.5, 0.6) is 0 Å². The summed E-state index contributed by atoms with van der Waals surface area (Å²) in [4.78, 5) is 3.78. The maximum absolute atomic E-state index is 11.6. The van der Waals surface area contributed by atoms with Gasteiger partial charge in [-0.05, 0) is 13.8 Å². The first kappa shape index (κ1) is 12.2. The van der Waals surface area contributed by atoms with E-state index in [4.69, 9.17) is 5.11 Å². The molecule has 0 unspecified atom stereocenters. The van der Waals surface area contributed by atoms with Crippen LogP contribution in [0.2, 0.25) is 0 Å². The number of hydrogen-bond donors (Lipinski definition) is 2. The first-order valence-corrected chi connectivity index (χ1v) is 6.13. The van der Waals surface area contributed by atoms with Crippen LogP contribution in [-0.4, -0.2) is 35.7 Å². The van der Waals surface area contributed by atoms with Crippen molar-refractivity contribution in [2.45, 2.75) is 31.5 Å². The van der Waals surface area contributed by atoms with Gasteiger partial charge in [0.05, 0.1) is 12.9 Å². The van der Waals surface area contributed by atoms with Crippen LogP contribution in [-0.2, 0) is 16.6 Å². The van der Waals surface area contributed by atoms with Gasteiger partial charge in [-0.25, -0.2) is 18.1 Å². The van der Waals surface area contributed by atoms with Crippen LogP contribution in [0.1, 0.15) is 13.8 Å². The standard InChI is InChI=1S/C8H15N3O3S/c1-3-11-4-8(9-6-11)15(13,14)10-7(2)5-12/h4,6-7,10,12H,3,5H2,1-2H3/t7-/m0/s1. The zero-order valence-corrected chi connectivity index (χ0v) is 9.53. The highest BCUT2D eigenvalue weighted by atomic mass is 32.2. The lowest BCUT2D eigenvalue weighted by molar-refractivity contribution is 0.265. The number of aromatic nitrogens is 2. The summed E-state index contributed by atoms with van der Waals surface area (Å²) in [6.07, 6.45) is 2.91. The van der Waals surface area contributed by atoms with Gasteiger partial charge in [-0.15, -0.1) is 0 Å². The molecule has 1 heterocycles. The monoisotopic (exact) mass is 233 g/mol. The Hall–Kier alpha value is -0.920. The number of hydrogen-bond acceptors (Lipinski definition) is 4. The minimum atomic E-state index is -3.60. The van der Waals surface area contributed by atoms with Crippen LogP contribution in [0.3, 0.4) is 0 Å². The Kier molecular flexibility index (Phi) is 3.83. The highest BCUT2D eigenvalue weighted by molar-refractivity contribution is 7.89. The molecule has 1 aromatic rings. The second-order valence-corrected chi connectivity index (χ2v) is 4.91. The molecule has 0 aromatic carbocycles. The molecule has 0 bridgehead atoms. The van der Waals surface area contributed by atoms with E-state index in [1.807, 2.05) is 6.92 Å². The van der Waals surface area contributed by atoms with Gasteiger partial charge >= 0.3 is 0 Å². The molecule has 0 saturated heterocycles. The van der Waals surface area contributed by atoms with Crippen LogP contribution in [0, 0.1) is 0 Å². The molecule has 2 N–H and O–H groups in total. The number of aliphatic hydroxyl groups excluding tert-OH is 1. The molecule has 1 rings (SSSR count). The number of sulfonamides is 1. The van der Waals surface area contributed by atoms with Crippen molar-refractivity contribution in [1.29, 1.82) is 0 Å². The topological polar surface area (TPSA) is 84.2 Å². The summed E-state index contributed by atoms with van der Waals surface area (Å²) in [7, 11) is -3.60. The summed E-state index contributed by atoms with van der Waals surface area (Å²) >= 11 is 0. The van der Waals surface area contributed by atoms with E-state index < -0.39 is 16.1 Å². The average Bonchev–Trinajstić information content (AvgIpc) is 2.65. The normalized spacial score (nSPS) is 14.1. The molecule has 7 heteroatoms. The number of rotatable bonds is 5. The lowest BCUT2D eigenvalue weighted by atomic mass is 10.4. The molecular formula is C8H15N3O3S. The van der Waals surface area contributed by atoms with Gasteiger partial charge in [-0.2, -0.15) is 0 Å². The molecule has 0 aliphatic rings. The second-order valence-electron chi connectivity index (χ2n) is 3.25. The van der Waals surface area contributed by atoms with Gasteiger partial charge in [-0.1, -0.05) is 0 Å². The van der Waals surface area contributed by atoms with Crippen LogP contribution in [0.25, 0.3) is 0 Å². The fourth-order valence-electron chi connectivity index (χ4n) is 1.01. The highest BCUT2D eigenvalue weighted by Crippen LogP contribution is 2.05. The molecule has 1 atom stereocenters. The molecule has 0 aliphatic heterocycles. The van der Waals surface area contributed by atoms with Crippen molar-refractivity contribution in [3.05, 3.63) is 12.5 Å². The van der Waals surface area contributed by atoms with E-state index in [0.717, 1.165) is 0 Å². The molecule has 0 fully saturated rings. The molecule has 15 heavy (non-hydrogen) atoms. The molecule has 0 amide bonds. The summed E-state index contributed by atoms with van der Waals surface area (Å²) < 4.78 is 27.2. The predicted octanol–water partition coefficient (Wildman–Crippen LogP) is -0.438. The third-order valence-corrected chi connectivity index (χ3v) is 3.35. The molecule has 0 saturated carbocycles. The molecule has 6 nitrogen and oxygen atoms in total. The minimum Gasteiger partial charge on any atom is -0.395 e. The van der Waals surface area contributed by atoms with Crippen molar-refractivity contribution in [3.63, 3.8) is 0 Å². The number of imidazole rings is 1. The molecule has 0 aliphatic carbocycles. The summed E-state index contributed by atoms with van der Waals surface area (Å²) in [6.45, 7) is 3.89. The largest absolute Gasteiger partial charge is 0.395 e. The maximum Gasteiger partial charge on any atom is 0.259 e. The summed E-state index contributed by atoms with van der Waals surface area (Å²) in [6, 6.07) is -0.512. The van der Waals surface area contributed by atoms with Gasteiger partial charge in [0.2, 0.25) is 0 Å². The van der Waals surface area contributed by atoms with Crippen molar-refractivity contribution in [1.82, 2.24) is 14.3 Å². The smallest absolute Gasteiger partial charge is 0.259 e. The maximum atomic E-state index is 11.6. The highest BCUT2D eigenvalue weighted by Gasteiger charge is 2.19. The zero-order valence-electron chi connectivity index (χ0n) is 8.71. The minimum absolute atomic E-state index is 0.0235. The fourth-order valence-corrected chi connectivity index (χ4v) is 2.20. The Morgan fingerprint density at radius 2 is 2.33 bits per heavy atom. The van der Waals surface area contributed by atoms with E-state index in [1.54, 1.807) is 11.5 Å². The Labute approximate surface area is 89.0 Å². The van der Waals surface area contributed by atoms with Gasteiger partial charge in [0.15, 0.2) is 5.03 Å². The quantitative estimate of drug-likeness (QED) is 0.722. The fraction of sp³-hybridized carbons (Fsp3) is 0.625. The number of aliphatic hydroxyl groups is 1. The van der Waals surface area contributed by atoms with E-state index >= 15 is 0 Å². The van der Waals surface area contributed by atoms with Crippen molar-refractivity contribution < 1.29 is 13.5 Å². The number of aryl methyl sites for hydroxylation is 1. The second kappa shape index (κ2) is 4.73. The summed E-state index contributed by atoms with van der Waals surface area (Å²) in [5.41, 5.74) is 0. The van der Waals surface area contributed by atoms with Crippen LogP contribution >= 0.6 is 0 Å². The number of nitrogens with one attached hydrogen (secondary N) is 1. The van der Waals surface area contributed by atoms with Crippen molar-refractivity contribution >= 4 is 10.0 Å². The molecule has 86 valence electrons. The third kappa shape index (κ3) is 3.01. The van der Waals surface area contributed by atoms with Crippen molar-refractivity contribution in [2.24, 2.45) is 0 Å². The first-order valence-electron chi connectivity index (χ1n) is 4.64. The Balaban J connectivity index is 2.86. The van der Waals surface area contributed by atoms with E-state index in [1.165, 1.54) is 12.5 Å². The van der Waals surface area contributed by atoms with E-state index in [0.29, 0.717) is 6.54 Å². The SMILES string of the molecule is CCn1cnc(S(=O)(=O)N[C@@H](C)CO)c1. The lowest BCUT2D eigenvalue weighted by Gasteiger charge is -2.09. The van der Waals surface area contributed by atoms with Crippen LogP contribution in [0.4, 0.5) is 0 Å². The lowest BCUT2D eigenvalue weighted by Crippen LogP contribution is -2.35. The van der Waals surface area contributed by atoms with Gasteiger partial charge in [0.1, 0.15) is 0 Å². The van der Waals surface area contributed by atoms with Gasteiger partial charge < -0.3 is 9.67 Å². The third-order valence-electron chi connectivity index (χ3n) is 1.88. The van der Waals surface area contributed by atoms with Gasteiger partial charge in [0, 0.05) is 18.8 Å². The van der Waals surface area contributed by atoms with Crippen molar-refractivity contribution in [2.75, 3.05) is 6.61 Å². The summed E-state index contributed by atoms with van der Waals surface area (Å²) in [5, 5.41) is 8.72. The van der Waals surface area contributed by atoms with E-state index in [-0.39, 0.29) is 11.6 Å². The summed E-state index contributed by atoms with van der Waals surface area (Å²) in [5.74, 6) is 0. The van der Waals surface area contributed by atoms with Crippen LogP contribution in [0.15, 0.2) is 17.6 Å². The molecule has 1 aromatic heterocycles. The predicted molar refractivity (Wildman–Crippen MR) is 54.8 cm³/mol. The van der Waals surface area contributed by atoms with E-state index in [9.17, 15) is 8.42 Å². The van der Waals surface area contributed by atoms with Crippen molar-refractivity contribution in [3.8, 4) is 0 Å². The Bertz CT molecular complexity index is 413. The zero-order chi connectivity index (χ0) is 11.5. The molecule has 0 radical (unpaired) electrons. The Morgan fingerprint density at radius 3 is 2.80 bits per heavy atom. The van der Waals surface area contributed by atoms with Gasteiger partial charge in [0.25, 0.3) is 10.0 Å². The molecular weight excluding hydrogens is 218 g/mol. The van der Waals surface area contributed by atoms with Crippen LogP contribution < -0.4 is 4.72 Å². The average molecular weight is 233 g/mol. The number of nitrogens with zero attached hydrogens (tertiary/aromatic N) is 2. The van der Waals surface area contributed by atoms with E-state index in [2.05, 4.69) is 9.71 Å².